The lowest BCUT2D eigenvalue weighted by Gasteiger charge is -2.22. The van der Waals surface area contributed by atoms with E-state index in [1.54, 1.807) is 0 Å². The Morgan fingerprint density at radius 1 is 1.33 bits per heavy atom. The molecule has 2 nitrogen and oxygen atoms in total. The molecule has 1 aromatic rings. The third-order valence-electron chi connectivity index (χ3n) is 3.39. The zero-order valence-corrected chi connectivity index (χ0v) is 13.2. The van der Waals surface area contributed by atoms with Gasteiger partial charge in [-0.2, -0.15) is 0 Å². The van der Waals surface area contributed by atoms with Gasteiger partial charge < -0.3 is 5.32 Å². The molecule has 0 saturated carbocycles. The largest absolute Gasteiger partial charge is 0.349 e. The summed E-state index contributed by atoms with van der Waals surface area (Å²) in [5.74, 6) is 0.479. The van der Waals surface area contributed by atoms with Gasteiger partial charge in [-0.3, -0.25) is 4.79 Å². The van der Waals surface area contributed by atoms with Crippen molar-refractivity contribution in [2.45, 2.75) is 40.2 Å². The summed E-state index contributed by atoms with van der Waals surface area (Å²) in [6.45, 7) is 8.30. The number of hydrogen-bond acceptors (Lipinski definition) is 1. The second-order valence-corrected chi connectivity index (χ2v) is 5.84. The van der Waals surface area contributed by atoms with Crippen LogP contribution in [0.4, 0.5) is 0 Å². The van der Waals surface area contributed by atoms with E-state index in [1.807, 2.05) is 32.0 Å². The number of carbonyl (C=O) groups excluding carboxylic acids is 1. The van der Waals surface area contributed by atoms with Crippen molar-refractivity contribution in [1.29, 1.82) is 0 Å². The van der Waals surface area contributed by atoms with Crippen molar-refractivity contribution < 1.29 is 4.79 Å². The van der Waals surface area contributed by atoms with Gasteiger partial charge in [0.15, 0.2) is 0 Å². The van der Waals surface area contributed by atoms with Gasteiger partial charge >= 0.3 is 0 Å². The molecule has 1 unspecified atom stereocenters. The summed E-state index contributed by atoms with van der Waals surface area (Å²) >= 11 is 3.44. The van der Waals surface area contributed by atoms with Crippen LogP contribution in [0.1, 0.15) is 41.8 Å². The van der Waals surface area contributed by atoms with Gasteiger partial charge in [0.1, 0.15) is 0 Å². The van der Waals surface area contributed by atoms with Crippen LogP contribution in [0.15, 0.2) is 18.2 Å². The van der Waals surface area contributed by atoms with E-state index in [-0.39, 0.29) is 11.9 Å². The molecule has 3 heteroatoms. The molecular weight excluding hydrogens is 290 g/mol. The van der Waals surface area contributed by atoms with Crippen LogP contribution in [0.5, 0.6) is 0 Å². The lowest BCUT2D eigenvalue weighted by atomic mass is 9.99. The molecule has 0 aliphatic heterocycles. The smallest absolute Gasteiger partial charge is 0.251 e. The second-order valence-electron chi connectivity index (χ2n) is 5.05. The molecule has 18 heavy (non-hydrogen) atoms. The van der Waals surface area contributed by atoms with E-state index in [9.17, 15) is 4.79 Å². The minimum atomic E-state index is 0.0378. The maximum atomic E-state index is 12.3. The molecule has 100 valence electrons. The number of amides is 1. The minimum absolute atomic E-state index is 0.0378. The van der Waals surface area contributed by atoms with E-state index in [0.717, 1.165) is 28.4 Å². The van der Waals surface area contributed by atoms with Crippen LogP contribution in [0.2, 0.25) is 0 Å². The van der Waals surface area contributed by atoms with Gasteiger partial charge in [-0.25, -0.2) is 0 Å². The van der Waals surface area contributed by atoms with Crippen molar-refractivity contribution in [2.24, 2.45) is 5.92 Å². The molecule has 0 aliphatic carbocycles. The zero-order valence-electron chi connectivity index (χ0n) is 11.6. The predicted octanol–water partition coefficient (Wildman–Crippen LogP) is 3.84. The topological polar surface area (TPSA) is 29.1 Å². The molecule has 1 amide bonds. The average Bonchev–Trinajstić information content (AvgIpc) is 2.31. The standard InChI is InChI=1S/C15H22BrNO/c1-10(2)14(8-9-16)17-15(18)13-7-5-6-11(3)12(13)4/h5-7,10,14H,8-9H2,1-4H3,(H,17,18). The first-order valence-corrected chi connectivity index (χ1v) is 7.52. The maximum Gasteiger partial charge on any atom is 0.251 e. The highest BCUT2D eigenvalue weighted by Gasteiger charge is 2.17. The van der Waals surface area contributed by atoms with Gasteiger partial charge in [0, 0.05) is 16.9 Å². The molecule has 1 N–H and O–H groups in total. The Balaban J connectivity index is 2.84. The van der Waals surface area contributed by atoms with Crippen molar-refractivity contribution >= 4 is 21.8 Å². The highest BCUT2D eigenvalue weighted by molar-refractivity contribution is 9.09. The first kappa shape index (κ1) is 15.2. The summed E-state index contributed by atoms with van der Waals surface area (Å²) in [5, 5.41) is 4.04. The van der Waals surface area contributed by atoms with Crippen molar-refractivity contribution in [1.82, 2.24) is 5.32 Å². The van der Waals surface area contributed by atoms with Crippen LogP contribution in [-0.4, -0.2) is 17.3 Å². The third-order valence-corrected chi connectivity index (χ3v) is 3.85. The van der Waals surface area contributed by atoms with Crippen molar-refractivity contribution in [3.8, 4) is 0 Å². The molecule has 0 aromatic heterocycles. The summed E-state index contributed by atoms with van der Waals surface area (Å²) < 4.78 is 0. The summed E-state index contributed by atoms with van der Waals surface area (Å²) in [5.41, 5.74) is 3.01. The molecule has 0 heterocycles. The van der Waals surface area contributed by atoms with Crippen LogP contribution < -0.4 is 5.32 Å². The van der Waals surface area contributed by atoms with Crippen LogP contribution in [0, 0.1) is 19.8 Å². The van der Waals surface area contributed by atoms with Gasteiger partial charge in [-0.15, -0.1) is 0 Å². The number of halogens is 1. The fourth-order valence-corrected chi connectivity index (χ4v) is 2.43. The Kier molecular flexibility index (Phi) is 5.86. The van der Waals surface area contributed by atoms with E-state index >= 15 is 0 Å². The second kappa shape index (κ2) is 6.93. The molecular formula is C15H22BrNO. The van der Waals surface area contributed by atoms with Gasteiger partial charge in [0.25, 0.3) is 5.91 Å². The first-order chi connectivity index (χ1) is 8.47. The number of hydrogen-bond donors (Lipinski definition) is 1. The van der Waals surface area contributed by atoms with Crippen LogP contribution >= 0.6 is 15.9 Å². The first-order valence-electron chi connectivity index (χ1n) is 6.40. The minimum Gasteiger partial charge on any atom is -0.349 e. The lowest BCUT2D eigenvalue weighted by Crippen LogP contribution is -2.39. The number of benzene rings is 1. The van der Waals surface area contributed by atoms with Crippen molar-refractivity contribution in [3.05, 3.63) is 34.9 Å². The maximum absolute atomic E-state index is 12.3. The molecule has 0 saturated heterocycles. The van der Waals surface area contributed by atoms with Gasteiger partial charge in [-0.05, 0) is 43.4 Å². The van der Waals surface area contributed by atoms with E-state index < -0.39 is 0 Å². The van der Waals surface area contributed by atoms with Crippen LogP contribution in [-0.2, 0) is 0 Å². The molecule has 1 rings (SSSR count). The number of rotatable bonds is 5. The Labute approximate surface area is 118 Å². The SMILES string of the molecule is Cc1cccc(C(=O)NC(CCBr)C(C)C)c1C. The van der Waals surface area contributed by atoms with Crippen LogP contribution in [0.25, 0.3) is 0 Å². The Bertz CT molecular complexity index is 415. The fourth-order valence-electron chi connectivity index (χ4n) is 1.93. The third kappa shape index (κ3) is 3.84. The number of nitrogens with one attached hydrogen (secondary N) is 1. The number of carbonyl (C=O) groups is 1. The molecule has 0 aliphatic rings. The summed E-state index contributed by atoms with van der Waals surface area (Å²) in [4.78, 5) is 12.3. The van der Waals surface area contributed by atoms with Gasteiger partial charge in [0.05, 0.1) is 0 Å². The fraction of sp³-hybridized carbons (Fsp3) is 0.533. The summed E-state index contributed by atoms with van der Waals surface area (Å²) in [7, 11) is 0. The highest BCUT2D eigenvalue weighted by Crippen LogP contribution is 2.14. The number of alkyl halides is 1. The van der Waals surface area contributed by atoms with Gasteiger partial charge in [-0.1, -0.05) is 41.9 Å². The monoisotopic (exact) mass is 311 g/mol. The van der Waals surface area contributed by atoms with E-state index in [2.05, 4.69) is 35.1 Å². The molecule has 1 atom stereocenters. The lowest BCUT2D eigenvalue weighted by molar-refractivity contribution is 0.0924. The van der Waals surface area contributed by atoms with Crippen molar-refractivity contribution in [3.63, 3.8) is 0 Å². The molecule has 0 spiro atoms. The highest BCUT2D eigenvalue weighted by atomic mass is 79.9. The Morgan fingerprint density at radius 2 is 2.00 bits per heavy atom. The molecule has 0 fully saturated rings. The zero-order chi connectivity index (χ0) is 13.7. The molecule has 0 radical (unpaired) electrons. The van der Waals surface area contributed by atoms with Crippen molar-refractivity contribution in [2.75, 3.05) is 5.33 Å². The molecule has 1 aromatic carbocycles. The van der Waals surface area contributed by atoms with Crippen LogP contribution in [0.3, 0.4) is 0 Å². The quantitative estimate of drug-likeness (QED) is 0.822. The van der Waals surface area contributed by atoms with E-state index in [1.165, 1.54) is 0 Å². The van der Waals surface area contributed by atoms with E-state index in [4.69, 9.17) is 0 Å². The normalized spacial score (nSPS) is 12.6. The average molecular weight is 312 g/mol. The Morgan fingerprint density at radius 3 is 2.56 bits per heavy atom. The number of aryl methyl sites for hydroxylation is 1. The van der Waals surface area contributed by atoms with Gasteiger partial charge in [0.2, 0.25) is 0 Å². The summed E-state index contributed by atoms with van der Waals surface area (Å²) in [6.07, 6.45) is 0.953. The Hall–Kier alpha value is -0.830. The summed E-state index contributed by atoms with van der Waals surface area (Å²) in [6, 6.07) is 6.08. The predicted molar refractivity (Wildman–Crippen MR) is 80.4 cm³/mol. The molecule has 0 bridgehead atoms. The van der Waals surface area contributed by atoms with E-state index in [0.29, 0.717) is 5.92 Å².